The van der Waals surface area contributed by atoms with Gasteiger partial charge in [-0.25, -0.2) is 9.78 Å². The van der Waals surface area contributed by atoms with E-state index in [1.165, 1.54) is 0 Å². The zero-order chi connectivity index (χ0) is 24.5. The fourth-order valence-corrected chi connectivity index (χ4v) is 4.05. The molecule has 33 heavy (non-hydrogen) atoms. The molecule has 2 atom stereocenters. The van der Waals surface area contributed by atoms with Crippen molar-refractivity contribution < 1.29 is 14.3 Å². The highest BCUT2D eigenvalue weighted by Crippen LogP contribution is 2.23. The van der Waals surface area contributed by atoms with Crippen LogP contribution in [0.25, 0.3) is 11.0 Å². The summed E-state index contributed by atoms with van der Waals surface area (Å²) in [5, 5.41) is 2.73. The molecule has 2 aromatic rings. The van der Waals surface area contributed by atoms with Crippen LogP contribution in [0.1, 0.15) is 33.0 Å². The summed E-state index contributed by atoms with van der Waals surface area (Å²) in [6.45, 7) is 7.09. The van der Waals surface area contributed by atoms with Crippen molar-refractivity contribution in [1.29, 1.82) is 0 Å². The number of esters is 1. The molecule has 0 bridgehead atoms. The van der Waals surface area contributed by atoms with Crippen molar-refractivity contribution in [3.05, 3.63) is 24.0 Å². The van der Waals surface area contributed by atoms with Crippen LogP contribution in [0, 0.1) is 5.92 Å². The Morgan fingerprint density at radius 2 is 1.91 bits per heavy atom. The summed E-state index contributed by atoms with van der Waals surface area (Å²) >= 11 is 11.9. The number of nitrogens with one attached hydrogen (secondary N) is 1. The second-order valence-electron chi connectivity index (χ2n) is 8.25. The summed E-state index contributed by atoms with van der Waals surface area (Å²) in [7, 11) is 1.95. The first-order chi connectivity index (χ1) is 15.7. The Morgan fingerprint density at radius 1 is 1.24 bits per heavy atom. The van der Waals surface area contributed by atoms with Crippen LogP contribution in [0.3, 0.4) is 0 Å². The molecule has 1 aromatic heterocycles. The second-order valence-corrected chi connectivity index (χ2v) is 9.01. The molecular formula is C23H35Cl2N5O3. The first kappa shape index (κ1) is 27.2. The Kier molecular flexibility index (Phi) is 10.7. The van der Waals surface area contributed by atoms with Crippen LogP contribution in [0.4, 0.5) is 5.69 Å². The van der Waals surface area contributed by atoms with E-state index in [0.717, 1.165) is 22.5 Å². The lowest BCUT2D eigenvalue weighted by Gasteiger charge is -2.22. The van der Waals surface area contributed by atoms with Crippen molar-refractivity contribution in [2.45, 2.75) is 45.7 Å². The lowest BCUT2D eigenvalue weighted by Crippen LogP contribution is -2.51. The predicted octanol–water partition coefficient (Wildman–Crippen LogP) is 2.82. The minimum Gasteiger partial charge on any atom is -0.464 e. The molecule has 0 radical (unpaired) electrons. The Bertz CT molecular complexity index is 928. The number of amides is 1. The lowest BCUT2D eigenvalue weighted by atomic mass is 10.0. The van der Waals surface area contributed by atoms with E-state index in [0.29, 0.717) is 37.7 Å². The summed E-state index contributed by atoms with van der Waals surface area (Å²) < 4.78 is 7.06. The van der Waals surface area contributed by atoms with Gasteiger partial charge in [0.2, 0.25) is 5.91 Å². The minimum absolute atomic E-state index is 0.105. The summed E-state index contributed by atoms with van der Waals surface area (Å²) in [6.07, 6.45) is 0.919. The number of aryl methyl sites for hydroxylation is 2. The number of carbonyl (C=O) groups is 2. The van der Waals surface area contributed by atoms with E-state index in [1.807, 2.05) is 43.7 Å². The third-order valence-electron chi connectivity index (χ3n) is 5.55. The van der Waals surface area contributed by atoms with Gasteiger partial charge >= 0.3 is 5.97 Å². The molecule has 1 amide bonds. The van der Waals surface area contributed by atoms with Gasteiger partial charge in [0.05, 0.1) is 23.7 Å². The van der Waals surface area contributed by atoms with Crippen molar-refractivity contribution in [2.24, 2.45) is 18.7 Å². The van der Waals surface area contributed by atoms with Gasteiger partial charge in [0, 0.05) is 44.0 Å². The number of rotatable bonds is 13. The molecule has 0 spiro atoms. The van der Waals surface area contributed by atoms with Crippen LogP contribution in [-0.4, -0.2) is 65.0 Å². The molecule has 0 aliphatic rings. The molecule has 1 aromatic carbocycles. The monoisotopic (exact) mass is 499 g/mol. The topological polar surface area (TPSA) is 102 Å². The van der Waals surface area contributed by atoms with Gasteiger partial charge in [-0.05, 0) is 37.5 Å². The van der Waals surface area contributed by atoms with Gasteiger partial charge < -0.3 is 25.3 Å². The smallest absolute Gasteiger partial charge is 0.328 e. The number of nitrogens with zero attached hydrogens (tertiary/aromatic N) is 3. The van der Waals surface area contributed by atoms with Crippen molar-refractivity contribution in [3.63, 3.8) is 0 Å². The maximum Gasteiger partial charge on any atom is 0.328 e. The van der Waals surface area contributed by atoms with Crippen LogP contribution >= 0.6 is 23.2 Å². The van der Waals surface area contributed by atoms with E-state index in [1.54, 1.807) is 6.92 Å². The highest BCUT2D eigenvalue weighted by Gasteiger charge is 2.27. The number of aromatic nitrogens is 2. The Morgan fingerprint density at radius 3 is 2.48 bits per heavy atom. The number of fused-ring (bicyclic) bond motifs is 1. The maximum atomic E-state index is 12.6. The highest BCUT2D eigenvalue weighted by molar-refractivity contribution is 6.18. The van der Waals surface area contributed by atoms with Gasteiger partial charge in [-0.2, -0.15) is 0 Å². The number of anilines is 1. The van der Waals surface area contributed by atoms with Gasteiger partial charge in [-0.15, -0.1) is 23.2 Å². The largest absolute Gasteiger partial charge is 0.464 e. The molecular weight excluding hydrogens is 465 g/mol. The van der Waals surface area contributed by atoms with Gasteiger partial charge in [0.1, 0.15) is 11.9 Å². The van der Waals surface area contributed by atoms with Crippen molar-refractivity contribution in [1.82, 2.24) is 14.9 Å². The van der Waals surface area contributed by atoms with Crippen LogP contribution in [0.2, 0.25) is 0 Å². The molecule has 3 N–H and O–H groups in total. The molecule has 0 fully saturated rings. The molecule has 0 aliphatic carbocycles. The highest BCUT2D eigenvalue weighted by atomic mass is 35.5. The van der Waals surface area contributed by atoms with E-state index in [4.69, 9.17) is 38.7 Å². The lowest BCUT2D eigenvalue weighted by molar-refractivity contribution is -0.148. The van der Waals surface area contributed by atoms with Crippen LogP contribution in [-0.2, 0) is 27.8 Å². The fraction of sp³-hybridized carbons (Fsp3) is 0.609. The van der Waals surface area contributed by atoms with Gasteiger partial charge in [0.25, 0.3) is 0 Å². The van der Waals surface area contributed by atoms with Gasteiger partial charge in [0.15, 0.2) is 0 Å². The maximum absolute atomic E-state index is 12.6. The number of halogens is 2. The molecule has 2 rings (SSSR count). The number of benzene rings is 1. The molecule has 0 saturated carbocycles. The molecule has 1 heterocycles. The Labute approximate surface area is 205 Å². The van der Waals surface area contributed by atoms with Gasteiger partial charge in [-0.1, -0.05) is 13.8 Å². The van der Waals surface area contributed by atoms with E-state index >= 15 is 0 Å². The number of imidazole rings is 1. The van der Waals surface area contributed by atoms with Crippen LogP contribution in [0.15, 0.2) is 18.2 Å². The third-order valence-corrected chi connectivity index (χ3v) is 5.89. The van der Waals surface area contributed by atoms with Crippen molar-refractivity contribution in [3.8, 4) is 0 Å². The number of hydrogen-bond donors (Lipinski definition) is 2. The van der Waals surface area contributed by atoms with Crippen molar-refractivity contribution >= 4 is 51.8 Å². The van der Waals surface area contributed by atoms with Crippen LogP contribution < -0.4 is 16.0 Å². The average molecular weight is 500 g/mol. The zero-order valence-electron chi connectivity index (χ0n) is 19.8. The SMILES string of the molecule is CCOC(=O)[C@@H](NC(=O)[C@@H](N)CCc1nc2cc(N(CCCl)CCCl)ccc2n1C)C(C)C. The van der Waals surface area contributed by atoms with Gasteiger partial charge in [-0.3, -0.25) is 4.79 Å². The Hall–Kier alpha value is -2.03. The number of alkyl halides is 2. The Balaban J connectivity index is 2.08. The number of carbonyl (C=O) groups excluding carboxylic acids is 2. The number of nitrogens with two attached hydrogens (primary N) is 1. The first-order valence-electron chi connectivity index (χ1n) is 11.3. The number of hydrogen-bond acceptors (Lipinski definition) is 6. The van der Waals surface area contributed by atoms with E-state index < -0.39 is 18.1 Å². The molecule has 8 nitrogen and oxygen atoms in total. The summed E-state index contributed by atoms with van der Waals surface area (Å²) in [4.78, 5) is 31.6. The van der Waals surface area contributed by atoms with E-state index in [-0.39, 0.29) is 18.4 Å². The first-order valence-corrected chi connectivity index (χ1v) is 12.3. The molecule has 0 aliphatic heterocycles. The van der Waals surface area contributed by atoms with Crippen molar-refractivity contribution in [2.75, 3.05) is 36.4 Å². The molecule has 0 saturated heterocycles. The second kappa shape index (κ2) is 13.0. The summed E-state index contributed by atoms with van der Waals surface area (Å²) in [5.41, 5.74) is 9.00. The fourth-order valence-electron chi connectivity index (χ4n) is 3.64. The summed E-state index contributed by atoms with van der Waals surface area (Å²) in [6, 6.07) is 4.60. The molecule has 0 unspecified atom stereocenters. The third kappa shape index (κ3) is 7.22. The number of ether oxygens (including phenoxy) is 1. The van der Waals surface area contributed by atoms with E-state index in [9.17, 15) is 9.59 Å². The standard InChI is InChI=1S/C23H35Cl2N5O3/c1-5-33-23(32)21(15(2)3)28-22(31)17(26)7-9-20-27-18-14-16(6-8-19(18)29(20)4)30(12-10-24)13-11-25/h6,8,14-15,17,21H,5,7,9-13,26H2,1-4H3,(H,28,31)/t17-,21-/m0/s1. The normalized spacial score (nSPS) is 13.2. The molecule has 184 valence electrons. The minimum atomic E-state index is -0.765. The average Bonchev–Trinajstić information content (AvgIpc) is 3.10. The molecule has 10 heteroatoms. The van der Waals surface area contributed by atoms with Crippen LogP contribution in [0.5, 0.6) is 0 Å². The predicted molar refractivity (Wildman–Crippen MR) is 134 cm³/mol. The van der Waals surface area contributed by atoms with E-state index in [2.05, 4.69) is 10.2 Å². The summed E-state index contributed by atoms with van der Waals surface area (Å²) in [5.74, 6) is 0.924. The zero-order valence-corrected chi connectivity index (χ0v) is 21.3. The quantitative estimate of drug-likeness (QED) is 0.324.